The summed E-state index contributed by atoms with van der Waals surface area (Å²) in [5.41, 5.74) is 3.63. The number of benzene rings is 2. The van der Waals surface area contributed by atoms with Gasteiger partial charge in [-0.25, -0.2) is 5.43 Å². The lowest BCUT2D eigenvalue weighted by atomic mass is 10.2. The highest BCUT2D eigenvalue weighted by Crippen LogP contribution is 2.16. The minimum atomic E-state index is -0.359. The molecule has 0 fully saturated rings. The van der Waals surface area contributed by atoms with Crippen molar-refractivity contribution in [3.63, 3.8) is 0 Å². The molecule has 27 heavy (non-hydrogen) atoms. The van der Waals surface area contributed by atoms with Crippen molar-refractivity contribution < 1.29 is 14.7 Å². The number of carbonyl (C=O) groups is 2. The fourth-order valence-corrected chi connectivity index (χ4v) is 2.78. The molecule has 0 bridgehead atoms. The van der Waals surface area contributed by atoms with Crippen LogP contribution in [0.25, 0.3) is 0 Å². The summed E-state index contributed by atoms with van der Waals surface area (Å²) in [6.45, 7) is 0. The molecule has 0 atom stereocenters. The first kappa shape index (κ1) is 18.2. The average Bonchev–Trinajstić information content (AvgIpc) is 3.10. The molecule has 2 aromatic carbocycles. The molecule has 9 heteroatoms. The molecule has 2 amide bonds. The Balaban J connectivity index is 1.50. The van der Waals surface area contributed by atoms with Crippen molar-refractivity contribution >= 4 is 34.5 Å². The molecule has 0 saturated carbocycles. The lowest BCUT2D eigenvalue weighted by Gasteiger charge is -1.99. The Morgan fingerprint density at radius 2 is 1.81 bits per heavy atom. The number of carbonyl (C=O) groups excluding carboxylic acids is 2. The second-order valence-corrected chi connectivity index (χ2v) is 6.44. The molecule has 8 nitrogen and oxygen atoms in total. The third-order valence-corrected chi connectivity index (χ3v) is 4.17. The van der Waals surface area contributed by atoms with Gasteiger partial charge >= 0.3 is 0 Å². The van der Waals surface area contributed by atoms with E-state index in [4.69, 9.17) is 0 Å². The predicted molar refractivity (Wildman–Crippen MR) is 102 cm³/mol. The number of aromatic hydroxyl groups is 1. The first-order valence-corrected chi connectivity index (χ1v) is 8.71. The van der Waals surface area contributed by atoms with Gasteiger partial charge in [0.2, 0.25) is 11.0 Å². The molecule has 0 spiro atoms. The summed E-state index contributed by atoms with van der Waals surface area (Å²) in [5.74, 6) is -0.494. The summed E-state index contributed by atoms with van der Waals surface area (Å²) in [5, 5.41) is 24.2. The molecule has 0 aliphatic heterocycles. The fourth-order valence-electron chi connectivity index (χ4n) is 2.05. The van der Waals surface area contributed by atoms with Crippen LogP contribution in [0.3, 0.4) is 0 Å². The van der Waals surface area contributed by atoms with Crippen molar-refractivity contribution in [3.8, 4) is 5.75 Å². The normalized spacial score (nSPS) is 10.7. The second kappa shape index (κ2) is 8.68. The van der Waals surface area contributed by atoms with Crippen LogP contribution >= 0.6 is 11.3 Å². The molecule has 0 radical (unpaired) electrons. The van der Waals surface area contributed by atoms with E-state index in [-0.39, 0.29) is 24.0 Å². The van der Waals surface area contributed by atoms with Crippen molar-refractivity contribution in [2.24, 2.45) is 5.10 Å². The number of anilines is 1. The van der Waals surface area contributed by atoms with Gasteiger partial charge in [-0.15, -0.1) is 10.2 Å². The van der Waals surface area contributed by atoms with Gasteiger partial charge in [-0.2, -0.15) is 5.10 Å². The van der Waals surface area contributed by atoms with Crippen molar-refractivity contribution in [2.45, 2.75) is 6.42 Å². The maximum absolute atomic E-state index is 12.1. The van der Waals surface area contributed by atoms with Gasteiger partial charge in [-0.05, 0) is 42.0 Å². The molecule has 0 aliphatic rings. The Morgan fingerprint density at radius 3 is 2.56 bits per heavy atom. The van der Waals surface area contributed by atoms with Gasteiger partial charge in [0.15, 0.2) is 0 Å². The van der Waals surface area contributed by atoms with E-state index in [1.807, 2.05) is 6.07 Å². The monoisotopic (exact) mass is 381 g/mol. The molecule has 3 aromatic rings. The first-order valence-electron chi connectivity index (χ1n) is 7.90. The summed E-state index contributed by atoms with van der Waals surface area (Å²) in [6.07, 6.45) is 1.45. The summed E-state index contributed by atoms with van der Waals surface area (Å²) in [6, 6.07) is 15.1. The number of hydrazone groups is 1. The molecule has 3 N–H and O–H groups in total. The van der Waals surface area contributed by atoms with Gasteiger partial charge in [-0.1, -0.05) is 29.5 Å². The Kier molecular flexibility index (Phi) is 5.85. The van der Waals surface area contributed by atoms with Crippen LogP contribution < -0.4 is 10.7 Å². The third-order valence-electron chi connectivity index (χ3n) is 3.33. The van der Waals surface area contributed by atoms with Crippen LogP contribution in [0.4, 0.5) is 5.13 Å². The van der Waals surface area contributed by atoms with E-state index >= 15 is 0 Å². The maximum atomic E-state index is 12.1. The Labute approximate surface area is 158 Å². The molecule has 0 saturated heterocycles. The molecule has 1 aromatic heterocycles. The van der Waals surface area contributed by atoms with E-state index in [1.165, 1.54) is 18.3 Å². The number of rotatable bonds is 6. The zero-order valence-corrected chi connectivity index (χ0v) is 14.8. The van der Waals surface area contributed by atoms with Gasteiger partial charge in [-0.3, -0.25) is 14.9 Å². The van der Waals surface area contributed by atoms with E-state index < -0.39 is 0 Å². The quantitative estimate of drug-likeness (QED) is 0.447. The van der Waals surface area contributed by atoms with E-state index in [9.17, 15) is 14.7 Å². The van der Waals surface area contributed by atoms with Gasteiger partial charge in [0.25, 0.3) is 5.91 Å². The van der Waals surface area contributed by atoms with Crippen LogP contribution in [0.15, 0.2) is 59.7 Å². The van der Waals surface area contributed by atoms with Gasteiger partial charge < -0.3 is 5.11 Å². The smallest absolute Gasteiger partial charge is 0.257 e. The topological polar surface area (TPSA) is 117 Å². The van der Waals surface area contributed by atoms with Crippen LogP contribution in [-0.2, 0) is 11.2 Å². The summed E-state index contributed by atoms with van der Waals surface area (Å²) < 4.78 is 0. The number of phenolic OH excluding ortho intramolecular Hbond substituents is 1. The summed E-state index contributed by atoms with van der Waals surface area (Å²) in [4.78, 5) is 24.0. The number of amides is 2. The lowest BCUT2D eigenvalue weighted by molar-refractivity contribution is -0.120. The second-order valence-electron chi connectivity index (χ2n) is 5.38. The zero-order chi connectivity index (χ0) is 19.1. The van der Waals surface area contributed by atoms with Gasteiger partial charge in [0, 0.05) is 5.56 Å². The van der Waals surface area contributed by atoms with E-state index in [1.54, 1.807) is 36.4 Å². The van der Waals surface area contributed by atoms with E-state index in [0.717, 1.165) is 16.9 Å². The Hall–Kier alpha value is -3.59. The number of nitrogens with one attached hydrogen (secondary N) is 2. The lowest BCUT2D eigenvalue weighted by Crippen LogP contribution is -2.19. The van der Waals surface area contributed by atoms with Gasteiger partial charge in [0.05, 0.1) is 12.6 Å². The van der Waals surface area contributed by atoms with Crippen LogP contribution in [0.1, 0.15) is 20.9 Å². The minimum absolute atomic E-state index is 0.00814. The van der Waals surface area contributed by atoms with Crippen LogP contribution in [0.2, 0.25) is 0 Å². The Morgan fingerprint density at radius 1 is 1.07 bits per heavy atom. The predicted octanol–water partition coefficient (Wildman–Crippen LogP) is 2.19. The highest BCUT2D eigenvalue weighted by Gasteiger charge is 2.12. The molecule has 136 valence electrons. The molecular formula is C18H15N5O3S. The van der Waals surface area contributed by atoms with Crippen molar-refractivity contribution in [2.75, 3.05) is 5.32 Å². The van der Waals surface area contributed by atoms with E-state index in [0.29, 0.717) is 15.7 Å². The number of phenols is 1. The van der Waals surface area contributed by atoms with Gasteiger partial charge in [0.1, 0.15) is 10.8 Å². The summed E-state index contributed by atoms with van der Waals surface area (Å²) in [7, 11) is 0. The third kappa shape index (κ3) is 5.44. The molecular weight excluding hydrogens is 366 g/mol. The van der Waals surface area contributed by atoms with Crippen LogP contribution in [-0.4, -0.2) is 33.3 Å². The van der Waals surface area contributed by atoms with Crippen molar-refractivity contribution in [1.82, 2.24) is 15.6 Å². The van der Waals surface area contributed by atoms with Crippen LogP contribution in [0.5, 0.6) is 5.75 Å². The van der Waals surface area contributed by atoms with Crippen LogP contribution in [0, 0.1) is 0 Å². The fraction of sp³-hybridized carbons (Fsp3) is 0.0556. The minimum Gasteiger partial charge on any atom is -0.508 e. The molecule has 0 aliphatic carbocycles. The van der Waals surface area contributed by atoms with Crippen molar-refractivity contribution in [1.29, 1.82) is 0 Å². The Bertz CT molecular complexity index is 955. The van der Waals surface area contributed by atoms with E-state index in [2.05, 4.69) is 26.0 Å². The van der Waals surface area contributed by atoms with Crippen molar-refractivity contribution in [3.05, 3.63) is 70.7 Å². The molecule has 0 unspecified atom stereocenters. The average molecular weight is 381 g/mol. The highest BCUT2D eigenvalue weighted by molar-refractivity contribution is 7.15. The standard InChI is InChI=1S/C18H15N5O3S/c24-14-8-6-12(7-9-14)11-19-21-15(25)10-16-22-23-18(27-16)20-17(26)13-4-2-1-3-5-13/h1-9,11,24H,10H2,(H,21,25)(H,20,23,26)/b19-11-. The summed E-state index contributed by atoms with van der Waals surface area (Å²) >= 11 is 1.12. The highest BCUT2D eigenvalue weighted by atomic mass is 32.1. The molecule has 3 rings (SSSR count). The molecule has 1 heterocycles. The first-order chi connectivity index (χ1) is 13.1. The number of hydrogen-bond acceptors (Lipinski definition) is 7. The SMILES string of the molecule is O=C(Cc1nnc(NC(=O)c2ccccc2)s1)N/N=C\c1ccc(O)cc1. The number of aromatic nitrogens is 2. The largest absolute Gasteiger partial charge is 0.508 e. The zero-order valence-electron chi connectivity index (χ0n) is 14.0. The maximum Gasteiger partial charge on any atom is 0.257 e. The number of nitrogens with zero attached hydrogens (tertiary/aromatic N) is 3. The number of hydrogen-bond donors (Lipinski definition) is 3.